The first-order chi connectivity index (χ1) is 11.5. The second kappa shape index (κ2) is 7.49. The molecule has 0 atom stereocenters. The molecule has 126 valence electrons. The van der Waals surface area contributed by atoms with Crippen molar-refractivity contribution in [3.63, 3.8) is 0 Å². The zero-order chi connectivity index (χ0) is 17.1. The van der Waals surface area contributed by atoms with Crippen LogP contribution in [0.15, 0.2) is 34.9 Å². The molecule has 1 aliphatic heterocycles. The first kappa shape index (κ1) is 17.2. The highest BCUT2D eigenvalue weighted by molar-refractivity contribution is 9.10. The standard InChI is InChI=1S/C17H15BrClFN2O2/c18-12-4-5-15(14(20)9-12)24-16-13(19)8-11(10-21-16)17(23)22-6-2-1-3-7-22/h4-5,8-10H,1-3,6-7H2. The van der Waals surface area contributed by atoms with Gasteiger partial charge < -0.3 is 9.64 Å². The van der Waals surface area contributed by atoms with Crippen LogP contribution in [0.25, 0.3) is 0 Å². The second-order valence-electron chi connectivity index (χ2n) is 5.54. The van der Waals surface area contributed by atoms with Crippen molar-refractivity contribution in [1.82, 2.24) is 9.88 Å². The number of aromatic nitrogens is 1. The summed E-state index contributed by atoms with van der Waals surface area (Å²) in [5.41, 5.74) is 0.408. The van der Waals surface area contributed by atoms with E-state index in [9.17, 15) is 9.18 Å². The summed E-state index contributed by atoms with van der Waals surface area (Å²) < 4.78 is 19.8. The lowest BCUT2D eigenvalue weighted by molar-refractivity contribution is 0.0724. The molecular weight excluding hydrogens is 399 g/mol. The van der Waals surface area contributed by atoms with Gasteiger partial charge in [-0.05, 0) is 43.5 Å². The van der Waals surface area contributed by atoms with Crippen molar-refractivity contribution in [2.45, 2.75) is 19.3 Å². The predicted octanol–water partition coefficient (Wildman–Crippen LogP) is 5.06. The van der Waals surface area contributed by atoms with E-state index in [1.807, 2.05) is 0 Å². The number of halogens is 3. The Morgan fingerprint density at radius 3 is 2.67 bits per heavy atom. The average Bonchev–Trinajstić information content (AvgIpc) is 2.59. The van der Waals surface area contributed by atoms with Gasteiger partial charge in [0.2, 0.25) is 5.88 Å². The Morgan fingerprint density at radius 2 is 2.00 bits per heavy atom. The summed E-state index contributed by atoms with van der Waals surface area (Å²) in [6.45, 7) is 1.50. The van der Waals surface area contributed by atoms with Gasteiger partial charge in [0.15, 0.2) is 11.6 Å². The molecule has 0 saturated carbocycles. The van der Waals surface area contributed by atoms with Crippen molar-refractivity contribution in [2.24, 2.45) is 0 Å². The number of hydrogen-bond acceptors (Lipinski definition) is 3. The van der Waals surface area contributed by atoms with E-state index in [-0.39, 0.29) is 22.6 Å². The van der Waals surface area contributed by atoms with Crippen LogP contribution in [0.4, 0.5) is 4.39 Å². The highest BCUT2D eigenvalue weighted by Crippen LogP contribution is 2.31. The van der Waals surface area contributed by atoms with Gasteiger partial charge in [-0.15, -0.1) is 0 Å². The molecule has 1 aromatic carbocycles. The van der Waals surface area contributed by atoms with Crippen LogP contribution in [0, 0.1) is 5.82 Å². The Morgan fingerprint density at radius 1 is 1.25 bits per heavy atom. The van der Waals surface area contributed by atoms with Crippen molar-refractivity contribution < 1.29 is 13.9 Å². The lowest BCUT2D eigenvalue weighted by atomic mass is 10.1. The summed E-state index contributed by atoms with van der Waals surface area (Å²) in [7, 11) is 0. The summed E-state index contributed by atoms with van der Waals surface area (Å²) in [5.74, 6) is -0.544. The van der Waals surface area contributed by atoms with Crippen LogP contribution in [-0.4, -0.2) is 28.9 Å². The molecule has 2 aromatic rings. The Labute approximate surface area is 152 Å². The number of piperidine rings is 1. The monoisotopic (exact) mass is 412 g/mol. The van der Waals surface area contributed by atoms with Gasteiger partial charge in [0.25, 0.3) is 5.91 Å². The number of nitrogens with zero attached hydrogens (tertiary/aromatic N) is 2. The Balaban J connectivity index is 1.78. The van der Waals surface area contributed by atoms with Gasteiger partial charge >= 0.3 is 0 Å². The normalized spacial score (nSPS) is 14.5. The summed E-state index contributed by atoms with van der Waals surface area (Å²) >= 11 is 9.34. The van der Waals surface area contributed by atoms with Crippen molar-refractivity contribution in [3.05, 3.63) is 51.3 Å². The van der Waals surface area contributed by atoms with Gasteiger partial charge in [-0.25, -0.2) is 9.37 Å². The van der Waals surface area contributed by atoms with Crippen LogP contribution in [0.1, 0.15) is 29.6 Å². The minimum atomic E-state index is -0.532. The van der Waals surface area contributed by atoms with Crippen LogP contribution in [0.2, 0.25) is 5.02 Å². The quantitative estimate of drug-likeness (QED) is 0.707. The van der Waals surface area contributed by atoms with E-state index in [0.717, 1.165) is 32.4 Å². The summed E-state index contributed by atoms with van der Waals surface area (Å²) in [6, 6.07) is 5.93. The third-order valence-corrected chi connectivity index (χ3v) is 4.56. The molecule has 0 N–H and O–H groups in total. The summed E-state index contributed by atoms with van der Waals surface area (Å²) in [4.78, 5) is 18.3. The molecule has 3 rings (SSSR count). The van der Waals surface area contributed by atoms with Gasteiger partial charge in [-0.1, -0.05) is 27.5 Å². The smallest absolute Gasteiger partial charge is 0.255 e. The molecule has 0 unspecified atom stereocenters. The fourth-order valence-electron chi connectivity index (χ4n) is 2.56. The van der Waals surface area contributed by atoms with Crippen molar-refractivity contribution >= 4 is 33.4 Å². The van der Waals surface area contributed by atoms with E-state index in [1.165, 1.54) is 24.4 Å². The maximum absolute atomic E-state index is 13.8. The minimum Gasteiger partial charge on any atom is -0.434 e. The van der Waals surface area contributed by atoms with Crippen molar-refractivity contribution in [3.8, 4) is 11.6 Å². The molecule has 24 heavy (non-hydrogen) atoms. The molecule has 1 saturated heterocycles. The van der Waals surface area contributed by atoms with Crippen molar-refractivity contribution in [2.75, 3.05) is 13.1 Å². The lowest BCUT2D eigenvalue weighted by Crippen LogP contribution is -2.35. The third-order valence-electron chi connectivity index (χ3n) is 3.80. The Bertz CT molecular complexity index is 766. The second-order valence-corrected chi connectivity index (χ2v) is 6.86. The number of rotatable bonds is 3. The molecule has 1 amide bonds. The van der Waals surface area contributed by atoms with Gasteiger partial charge in [-0.2, -0.15) is 0 Å². The van der Waals surface area contributed by atoms with Crippen LogP contribution >= 0.6 is 27.5 Å². The average molecular weight is 414 g/mol. The molecular formula is C17H15BrClFN2O2. The fraction of sp³-hybridized carbons (Fsp3) is 0.294. The summed E-state index contributed by atoms with van der Waals surface area (Å²) in [5, 5.41) is 0.167. The fourth-order valence-corrected chi connectivity index (χ4v) is 3.10. The Kier molecular flexibility index (Phi) is 5.36. The lowest BCUT2D eigenvalue weighted by Gasteiger charge is -2.26. The third kappa shape index (κ3) is 3.87. The molecule has 1 aliphatic rings. The van der Waals surface area contributed by atoms with Crippen molar-refractivity contribution in [1.29, 1.82) is 0 Å². The van der Waals surface area contributed by atoms with Gasteiger partial charge in [-0.3, -0.25) is 4.79 Å². The molecule has 1 aromatic heterocycles. The molecule has 0 aliphatic carbocycles. The first-order valence-corrected chi connectivity index (χ1v) is 8.79. The number of pyridine rings is 1. The number of carbonyl (C=O) groups excluding carboxylic acids is 1. The van der Waals surface area contributed by atoms with E-state index >= 15 is 0 Å². The first-order valence-electron chi connectivity index (χ1n) is 7.62. The molecule has 1 fully saturated rings. The summed E-state index contributed by atoms with van der Waals surface area (Å²) in [6.07, 6.45) is 4.58. The number of benzene rings is 1. The Hall–Kier alpha value is -1.66. The molecule has 0 spiro atoms. The number of amides is 1. The molecule has 4 nitrogen and oxygen atoms in total. The largest absolute Gasteiger partial charge is 0.434 e. The maximum atomic E-state index is 13.8. The molecule has 7 heteroatoms. The van der Waals surface area contributed by atoms with E-state index in [4.69, 9.17) is 16.3 Å². The van der Waals surface area contributed by atoms with Crippen LogP contribution in [0.5, 0.6) is 11.6 Å². The number of ether oxygens (including phenoxy) is 1. The highest BCUT2D eigenvalue weighted by atomic mass is 79.9. The highest BCUT2D eigenvalue weighted by Gasteiger charge is 2.20. The topological polar surface area (TPSA) is 42.4 Å². The van der Waals surface area contributed by atoms with E-state index in [2.05, 4.69) is 20.9 Å². The molecule has 0 radical (unpaired) electrons. The minimum absolute atomic E-state index is 0.0164. The van der Waals surface area contributed by atoms with Crippen LogP contribution < -0.4 is 4.74 Å². The van der Waals surface area contributed by atoms with E-state index in [1.54, 1.807) is 11.0 Å². The molecule has 2 heterocycles. The van der Waals surface area contributed by atoms with Crippen LogP contribution in [0.3, 0.4) is 0 Å². The molecule has 0 bridgehead atoms. The zero-order valence-electron chi connectivity index (χ0n) is 12.8. The zero-order valence-corrected chi connectivity index (χ0v) is 15.1. The van der Waals surface area contributed by atoms with Crippen LogP contribution in [-0.2, 0) is 0 Å². The van der Waals surface area contributed by atoms with Gasteiger partial charge in [0.05, 0.1) is 5.56 Å². The van der Waals surface area contributed by atoms with E-state index in [0.29, 0.717) is 10.0 Å². The number of carbonyl (C=O) groups is 1. The van der Waals surface area contributed by atoms with E-state index < -0.39 is 5.82 Å². The predicted molar refractivity (Wildman–Crippen MR) is 93.2 cm³/mol. The SMILES string of the molecule is O=C(c1cnc(Oc2ccc(Br)cc2F)c(Cl)c1)N1CCCCC1. The maximum Gasteiger partial charge on any atom is 0.255 e. The van der Waals surface area contributed by atoms with Gasteiger partial charge in [0, 0.05) is 23.8 Å². The number of likely N-dealkylation sites (tertiary alicyclic amines) is 1. The number of hydrogen-bond donors (Lipinski definition) is 0. The van der Waals surface area contributed by atoms with Gasteiger partial charge in [0.1, 0.15) is 5.02 Å².